The van der Waals surface area contributed by atoms with Gasteiger partial charge in [0.05, 0.1) is 5.01 Å². The quantitative estimate of drug-likeness (QED) is 0.732. The van der Waals surface area contributed by atoms with Crippen molar-refractivity contribution in [2.45, 2.75) is 32.6 Å². The van der Waals surface area contributed by atoms with Crippen LogP contribution in [0.5, 0.6) is 0 Å². The molecule has 2 rings (SSSR count). The minimum absolute atomic E-state index is 0.198. The maximum absolute atomic E-state index is 11.2. The van der Waals surface area contributed by atoms with E-state index in [0.717, 1.165) is 31.6 Å². The Morgan fingerprint density at radius 3 is 2.67 bits per heavy atom. The Balaban J connectivity index is 1.96. The number of hydrogen-bond donors (Lipinski definition) is 0. The molecule has 1 fully saturated rings. The molecule has 1 amide bonds. The summed E-state index contributed by atoms with van der Waals surface area (Å²) in [5.74, 6) is 0.767. The van der Waals surface area contributed by atoms with E-state index in [0.29, 0.717) is 5.92 Å². The zero-order chi connectivity index (χ0) is 10.8. The van der Waals surface area contributed by atoms with Gasteiger partial charge in [-0.25, -0.2) is 4.98 Å². The molecule has 1 aromatic heterocycles. The standard InChI is InChI=1S/C11H16N2OS/c1-8-7-15-11(12-8)10-3-5-13(6-4-10)9(2)14/h7,10H,3-6H2,1-2H3. The third-order valence-electron chi connectivity index (χ3n) is 2.93. The lowest BCUT2D eigenvalue weighted by Gasteiger charge is -2.30. The fraction of sp³-hybridized carbons (Fsp3) is 0.636. The summed E-state index contributed by atoms with van der Waals surface area (Å²) >= 11 is 1.75. The summed E-state index contributed by atoms with van der Waals surface area (Å²) in [6.45, 7) is 5.45. The van der Waals surface area contributed by atoms with Crippen LogP contribution in [0.4, 0.5) is 0 Å². The van der Waals surface area contributed by atoms with Crippen molar-refractivity contribution in [2.24, 2.45) is 0 Å². The first-order valence-corrected chi connectivity index (χ1v) is 6.22. The van der Waals surface area contributed by atoms with E-state index in [4.69, 9.17) is 0 Å². The Hall–Kier alpha value is -0.900. The van der Waals surface area contributed by atoms with Crippen LogP contribution < -0.4 is 0 Å². The van der Waals surface area contributed by atoms with Gasteiger partial charge in [0, 0.05) is 37.0 Å². The average Bonchev–Trinajstić information content (AvgIpc) is 2.65. The van der Waals surface area contributed by atoms with E-state index in [2.05, 4.69) is 10.4 Å². The largest absolute Gasteiger partial charge is 0.343 e. The maximum Gasteiger partial charge on any atom is 0.219 e. The number of amides is 1. The monoisotopic (exact) mass is 224 g/mol. The molecular weight excluding hydrogens is 208 g/mol. The van der Waals surface area contributed by atoms with Crippen molar-refractivity contribution < 1.29 is 4.79 Å². The molecule has 3 nitrogen and oxygen atoms in total. The summed E-state index contributed by atoms with van der Waals surface area (Å²) in [7, 11) is 0. The number of thiazole rings is 1. The van der Waals surface area contributed by atoms with Gasteiger partial charge in [-0.3, -0.25) is 4.79 Å². The highest BCUT2D eigenvalue weighted by Gasteiger charge is 2.23. The number of rotatable bonds is 1. The normalized spacial score (nSPS) is 18.1. The van der Waals surface area contributed by atoms with Gasteiger partial charge < -0.3 is 4.90 Å². The number of hydrogen-bond acceptors (Lipinski definition) is 3. The molecule has 0 spiro atoms. The summed E-state index contributed by atoms with van der Waals surface area (Å²) in [6, 6.07) is 0. The molecule has 0 radical (unpaired) electrons. The fourth-order valence-corrected chi connectivity index (χ4v) is 2.97. The van der Waals surface area contributed by atoms with Gasteiger partial charge >= 0.3 is 0 Å². The van der Waals surface area contributed by atoms with Gasteiger partial charge in [0.2, 0.25) is 5.91 Å². The number of carbonyl (C=O) groups is 1. The predicted molar refractivity (Wildman–Crippen MR) is 61.1 cm³/mol. The zero-order valence-corrected chi connectivity index (χ0v) is 10.0. The van der Waals surface area contributed by atoms with Crippen LogP contribution >= 0.6 is 11.3 Å². The molecule has 82 valence electrons. The Morgan fingerprint density at radius 2 is 2.20 bits per heavy atom. The first kappa shape index (κ1) is 10.6. The lowest BCUT2D eigenvalue weighted by molar-refractivity contribution is -0.129. The summed E-state index contributed by atoms with van der Waals surface area (Å²) in [5, 5.41) is 3.35. The van der Waals surface area contributed by atoms with Crippen molar-refractivity contribution >= 4 is 17.2 Å². The average molecular weight is 224 g/mol. The van der Waals surface area contributed by atoms with E-state index < -0.39 is 0 Å². The van der Waals surface area contributed by atoms with Crippen molar-refractivity contribution in [3.63, 3.8) is 0 Å². The molecule has 1 aliphatic heterocycles. The molecule has 2 heterocycles. The second-order valence-corrected chi connectivity index (χ2v) is 5.00. The predicted octanol–water partition coefficient (Wildman–Crippen LogP) is 2.18. The lowest BCUT2D eigenvalue weighted by atomic mass is 9.97. The van der Waals surface area contributed by atoms with Gasteiger partial charge in [0.15, 0.2) is 0 Å². The maximum atomic E-state index is 11.2. The molecule has 1 saturated heterocycles. The van der Waals surface area contributed by atoms with Gasteiger partial charge in [0.1, 0.15) is 0 Å². The van der Waals surface area contributed by atoms with Gasteiger partial charge in [-0.1, -0.05) is 0 Å². The van der Waals surface area contributed by atoms with E-state index >= 15 is 0 Å². The lowest BCUT2D eigenvalue weighted by Crippen LogP contribution is -2.36. The van der Waals surface area contributed by atoms with Crippen LogP contribution in [0.2, 0.25) is 0 Å². The van der Waals surface area contributed by atoms with Crippen LogP contribution in [0.25, 0.3) is 0 Å². The third-order valence-corrected chi connectivity index (χ3v) is 4.05. The molecule has 4 heteroatoms. The van der Waals surface area contributed by atoms with Crippen LogP contribution in [0.1, 0.15) is 36.4 Å². The molecule has 1 aromatic rings. The molecule has 0 saturated carbocycles. The summed E-state index contributed by atoms with van der Waals surface area (Å²) in [4.78, 5) is 17.6. The third kappa shape index (κ3) is 2.37. The van der Waals surface area contributed by atoms with E-state index in [1.54, 1.807) is 18.3 Å². The van der Waals surface area contributed by atoms with Gasteiger partial charge in [-0.2, -0.15) is 0 Å². The second-order valence-electron chi connectivity index (χ2n) is 4.11. The number of nitrogens with zero attached hydrogens (tertiary/aromatic N) is 2. The molecule has 0 aromatic carbocycles. The van der Waals surface area contributed by atoms with Crippen molar-refractivity contribution in [3.05, 3.63) is 16.1 Å². The highest BCUT2D eigenvalue weighted by molar-refractivity contribution is 7.09. The van der Waals surface area contributed by atoms with Crippen molar-refractivity contribution in [1.82, 2.24) is 9.88 Å². The summed E-state index contributed by atoms with van der Waals surface area (Å²) in [6.07, 6.45) is 2.12. The first-order chi connectivity index (χ1) is 7.16. The van der Waals surface area contributed by atoms with Crippen LogP contribution in [0.15, 0.2) is 5.38 Å². The van der Waals surface area contributed by atoms with Gasteiger partial charge in [0.25, 0.3) is 0 Å². The van der Waals surface area contributed by atoms with Gasteiger partial charge in [-0.15, -0.1) is 11.3 Å². The molecule has 0 atom stereocenters. The summed E-state index contributed by atoms with van der Waals surface area (Å²) in [5.41, 5.74) is 1.11. The number of piperidine rings is 1. The topological polar surface area (TPSA) is 33.2 Å². The van der Waals surface area contributed by atoms with E-state index in [1.807, 2.05) is 11.8 Å². The van der Waals surface area contributed by atoms with Crippen LogP contribution in [0, 0.1) is 6.92 Å². The van der Waals surface area contributed by atoms with Crippen molar-refractivity contribution in [3.8, 4) is 0 Å². The second kappa shape index (κ2) is 4.31. The molecule has 0 unspecified atom stereocenters. The minimum Gasteiger partial charge on any atom is -0.343 e. The van der Waals surface area contributed by atoms with Crippen LogP contribution in [-0.4, -0.2) is 28.9 Å². The molecule has 15 heavy (non-hydrogen) atoms. The first-order valence-electron chi connectivity index (χ1n) is 5.34. The SMILES string of the molecule is CC(=O)N1CCC(c2nc(C)cs2)CC1. The van der Waals surface area contributed by atoms with E-state index in [9.17, 15) is 4.79 Å². The Morgan fingerprint density at radius 1 is 1.53 bits per heavy atom. The highest BCUT2D eigenvalue weighted by Crippen LogP contribution is 2.29. The number of aryl methyl sites for hydroxylation is 1. The molecule has 0 N–H and O–H groups in total. The number of aromatic nitrogens is 1. The molecule has 1 aliphatic rings. The van der Waals surface area contributed by atoms with Crippen molar-refractivity contribution in [1.29, 1.82) is 0 Å². The molecular formula is C11H16N2OS. The Labute approximate surface area is 94.1 Å². The molecule has 0 bridgehead atoms. The highest BCUT2D eigenvalue weighted by atomic mass is 32.1. The number of likely N-dealkylation sites (tertiary alicyclic amines) is 1. The van der Waals surface area contributed by atoms with E-state index in [-0.39, 0.29) is 5.91 Å². The van der Waals surface area contributed by atoms with E-state index in [1.165, 1.54) is 5.01 Å². The minimum atomic E-state index is 0.198. The smallest absolute Gasteiger partial charge is 0.219 e. The Kier molecular flexibility index (Phi) is 3.05. The summed E-state index contributed by atoms with van der Waals surface area (Å²) < 4.78 is 0. The van der Waals surface area contributed by atoms with Crippen LogP contribution in [0.3, 0.4) is 0 Å². The molecule has 0 aliphatic carbocycles. The van der Waals surface area contributed by atoms with Gasteiger partial charge in [-0.05, 0) is 19.8 Å². The van der Waals surface area contributed by atoms with Crippen molar-refractivity contribution in [2.75, 3.05) is 13.1 Å². The fourth-order valence-electron chi connectivity index (χ4n) is 2.00. The zero-order valence-electron chi connectivity index (χ0n) is 9.19. The Bertz CT molecular complexity index is 353. The number of carbonyl (C=O) groups excluding carboxylic acids is 1. The van der Waals surface area contributed by atoms with Crippen LogP contribution in [-0.2, 0) is 4.79 Å².